The molecule has 36 heavy (non-hydrogen) atoms. The molecule has 1 aliphatic carbocycles. The first kappa shape index (κ1) is 26.0. The van der Waals surface area contributed by atoms with Gasteiger partial charge in [-0.05, 0) is 65.4 Å². The highest BCUT2D eigenvalue weighted by molar-refractivity contribution is 9.10. The molecule has 0 radical (unpaired) electrons. The number of phenolic OH excluding ortho intramolecular Hbond substituents is 1. The predicted molar refractivity (Wildman–Crippen MR) is 139 cm³/mol. The number of carbonyl (C=O) groups excluding carboxylic acids is 2. The van der Waals surface area contributed by atoms with Crippen LogP contribution < -0.4 is 10.1 Å². The Morgan fingerprint density at radius 1 is 1.14 bits per heavy atom. The van der Waals surface area contributed by atoms with Crippen molar-refractivity contribution in [2.45, 2.75) is 38.5 Å². The molecule has 1 heterocycles. The smallest absolute Gasteiger partial charge is 0.336 e. The molecule has 0 unspecified atom stereocenters. The van der Waals surface area contributed by atoms with E-state index in [1.807, 2.05) is 44.2 Å². The topological polar surface area (TPSA) is 94.1 Å². The number of dihydropyridines is 1. The highest BCUT2D eigenvalue weighted by atomic mass is 79.9. The SMILES string of the molecule is CCOc1cc([C@@H]2C(C(=O)OCCOC)=C(C)NC3=C2C(=O)C[C@H](c2ccccc2)C3)cc(Br)c1O. The van der Waals surface area contributed by atoms with Gasteiger partial charge in [-0.15, -0.1) is 0 Å². The van der Waals surface area contributed by atoms with Crippen LogP contribution in [0.25, 0.3) is 0 Å². The minimum Gasteiger partial charge on any atom is -0.503 e. The lowest BCUT2D eigenvalue weighted by atomic mass is 9.71. The van der Waals surface area contributed by atoms with Crippen LogP contribution in [-0.2, 0) is 19.1 Å². The van der Waals surface area contributed by atoms with Gasteiger partial charge < -0.3 is 24.6 Å². The normalized spacial score (nSPS) is 19.6. The molecule has 7 nitrogen and oxygen atoms in total. The number of ketones is 1. The van der Waals surface area contributed by atoms with Crippen molar-refractivity contribution in [2.24, 2.45) is 0 Å². The highest BCUT2D eigenvalue weighted by Crippen LogP contribution is 2.48. The van der Waals surface area contributed by atoms with Crippen molar-refractivity contribution in [3.8, 4) is 11.5 Å². The van der Waals surface area contributed by atoms with Gasteiger partial charge in [0.1, 0.15) is 6.61 Å². The average Bonchev–Trinajstić information content (AvgIpc) is 2.86. The van der Waals surface area contributed by atoms with Crippen LogP contribution in [0, 0.1) is 0 Å². The number of nitrogens with one attached hydrogen (secondary N) is 1. The Bertz CT molecular complexity index is 1220. The van der Waals surface area contributed by atoms with Crippen molar-refractivity contribution >= 4 is 27.7 Å². The Hall–Kier alpha value is -3.10. The predicted octanol–water partition coefficient (Wildman–Crippen LogP) is 5.10. The zero-order valence-corrected chi connectivity index (χ0v) is 22.2. The number of methoxy groups -OCH3 is 1. The van der Waals surface area contributed by atoms with Crippen LogP contribution in [0.15, 0.2) is 69.5 Å². The fraction of sp³-hybridized carbons (Fsp3) is 0.357. The van der Waals surface area contributed by atoms with Crippen LogP contribution in [0.2, 0.25) is 0 Å². The summed E-state index contributed by atoms with van der Waals surface area (Å²) in [5.74, 6) is -0.936. The van der Waals surface area contributed by atoms with Crippen LogP contribution in [0.4, 0.5) is 0 Å². The summed E-state index contributed by atoms with van der Waals surface area (Å²) in [6.45, 7) is 4.35. The number of carbonyl (C=O) groups is 2. The van der Waals surface area contributed by atoms with E-state index in [0.717, 1.165) is 11.3 Å². The first-order chi connectivity index (χ1) is 17.3. The van der Waals surface area contributed by atoms with E-state index >= 15 is 0 Å². The molecular weight excluding hydrogens is 526 g/mol. The largest absolute Gasteiger partial charge is 0.503 e. The number of aromatic hydroxyl groups is 1. The number of hydrogen-bond donors (Lipinski definition) is 2. The lowest BCUT2D eigenvalue weighted by Gasteiger charge is -2.37. The van der Waals surface area contributed by atoms with Crippen molar-refractivity contribution in [1.29, 1.82) is 0 Å². The van der Waals surface area contributed by atoms with Gasteiger partial charge in [0.25, 0.3) is 0 Å². The molecule has 8 heteroatoms. The van der Waals surface area contributed by atoms with E-state index in [1.165, 1.54) is 7.11 Å². The zero-order chi connectivity index (χ0) is 25.8. The van der Waals surface area contributed by atoms with Crippen LogP contribution in [0.5, 0.6) is 11.5 Å². The van der Waals surface area contributed by atoms with E-state index in [0.29, 0.717) is 46.3 Å². The van der Waals surface area contributed by atoms with Crippen molar-refractivity contribution in [1.82, 2.24) is 5.32 Å². The number of esters is 1. The van der Waals surface area contributed by atoms with Crippen LogP contribution in [0.3, 0.4) is 0 Å². The molecule has 2 N–H and O–H groups in total. The van der Waals surface area contributed by atoms with Crippen molar-refractivity contribution in [3.63, 3.8) is 0 Å². The fourth-order valence-electron chi connectivity index (χ4n) is 4.93. The number of halogens is 1. The molecule has 1 aliphatic heterocycles. The Kier molecular flexibility index (Phi) is 8.16. The molecule has 0 fully saturated rings. The van der Waals surface area contributed by atoms with Crippen molar-refractivity contribution < 1.29 is 28.9 Å². The van der Waals surface area contributed by atoms with Gasteiger partial charge in [-0.2, -0.15) is 0 Å². The molecule has 0 saturated carbocycles. The molecule has 0 amide bonds. The van der Waals surface area contributed by atoms with Crippen molar-refractivity contribution in [2.75, 3.05) is 26.9 Å². The van der Waals surface area contributed by atoms with Gasteiger partial charge >= 0.3 is 5.97 Å². The molecule has 0 spiro atoms. The summed E-state index contributed by atoms with van der Waals surface area (Å²) in [7, 11) is 1.54. The minimum absolute atomic E-state index is 0.0283. The van der Waals surface area contributed by atoms with E-state index in [-0.39, 0.29) is 36.4 Å². The molecule has 2 aromatic rings. The molecule has 190 valence electrons. The number of ether oxygens (including phenoxy) is 3. The first-order valence-electron chi connectivity index (χ1n) is 12.0. The summed E-state index contributed by atoms with van der Waals surface area (Å²) in [6.07, 6.45) is 0.978. The Labute approximate surface area is 219 Å². The summed E-state index contributed by atoms with van der Waals surface area (Å²) in [4.78, 5) is 27.0. The third-order valence-electron chi connectivity index (χ3n) is 6.52. The number of hydrogen-bond acceptors (Lipinski definition) is 7. The summed E-state index contributed by atoms with van der Waals surface area (Å²) in [5, 5.41) is 13.8. The molecule has 0 saturated heterocycles. The van der Waals surface area contributed by atoms with Gasteiger partial charge in [0.15, 0.2) is 17.3 Å². The molecule has 2 aromatic carbocycles. The van der Waals surface area contributed by atoms with E-state index in [9.17, 15) is 14.7 Å². The summed E-state index contributed by atoms with van der Waals surface area (Å²) in [5.41, 5.74) is 4.10. The number of rotatable bonds is 8. The molecule has 0 bridgehead atoms. The van der Waals surface area contributed by atoms with Crippen LogP contribution in [-0.4, -0.2) is 43.8 Å². The lowest BCUT2D eigenvalue weighted by molar-refractivity contribution is -0.140. The molecule has 0 aromatic heterocycles. The fourth-order valence-corrected chi connectivity index (χ4v) is 5.38. The van der Waals surface area contributed by atoms with Crippen LogP contribution in [0.1, 0.15) is 49.7 Å². The summed E-state index contributed by atoms with van der Waals surface area (Å²) >= 11 is 3.40. The van der Waals surface area contributed by atoms with Gasteiger partial charge in [-0.1, -0.05) is 30.3 Å². The number of benzene rings is 2. The first-order valence-corrected chi connectivity index (χ1v) is 12.7. The number of phenols is 1. The van der Waals surface area contributed by atoms with Crippen molar-refractivity contribution in [3.05, 3.63) is 80.6 Å². The minimum atomic E-state index is -0.670. The average molecular weight is 556 g/mol. The monoisotopic (exact) mass is 555 g/mol. The molecule has 4 rings (SSSR count). The summed E-state index contributed by atoms with van der Waals surface area (Å²) in [6, 6.07) is 13.4. The van der Waals surface area contributed by atoms with Gasteiger partial charge in [0.05, 0.1) is 23.3 Å². The zero-order valence-electron chi connectivity index (χ0n) is 20.6. The Balaban J connectivity index is 1.82. The second-order valence-electron chi connectivity index (χ2n) is 8.84. The second kappa shape index (κ2) is 11.3. The van der Waals surface area contributed by atoms with Gasteiger partial charge in [-0.3, -0.25) is 4.79 Å². The van der Waals surface area contributed by atoms with Gasteiger partial charge in [0.2, 0.25) is 0 Å². The van der Waals surface area contributed by atoms with E-state index in [2.05, 4.69) is 21.2 Å². The molecule has 2 aliphatic rings. The highest BCUT2D eigenvalue weighted by Gasteiger charge is 2.42. The second-order valence-corrected chi connectivity index (χ2v) is 9.69. The molecular formula is C28H30BrNO6. The van der Waals surface area contributed by atoms with Crippen LogP contribution >= 0.6 is 15.9 Å². The Morgan fingerprint density at radius 3 is 2.58 bits per heavy atom. The summed E-state index contributed by atoms with van der Waals surface area (Å²) < 4.78 is 16.6. The third kappa shape index (κ3) is 5.20. The molecule has 2 atom stereocenters. The number of Topliss-reactive ketones (excluding diaryl/α,β-unsaturated/α-hetero) is 1. The quantitative estimate of drug-likeness (QED) is 0.345. The third-order valence-corrected chi connectivity index (χ3v) is 7.13. The van der Waals surface area contributed by atoms with Gasteiger partial charge in [-0.25, -0.2) is 4.79 Å². The Morgan fingerprint density at radius 2 is 1.89 bits per heavy atom. The maximum absolute atomic E-state index is 13.7. The van der Waals surface area contributed by atoms with E-state index in [4.69, 9.17) is 14.2 Å². The van der Waals surface area contributed by atoms with Gasteiger partial charge in [0, 0.05) is 36.4 Å². The number of allylic oxidation sites excluding steroid dienone is 3. The maximum atomic E-state index is 13.7. The van der Waals surface area contributed by atoms with E-state index < -0.39 is 11.9 Å². The lowest BCUT2D eigenvalue weighted by Crippen LogP contribution is -2.36. The van der Waals surface area contributed by atoms with E-state index in [1.54, 1.807) is 12.1 Å². The maximum Gasteiger partial charge on any atom is 0.336 e. The standard InChI is InChI=1S/C28H30BrNO6/c1-4-35-23-15-19(12-20(29)27(23)32)25-24(28(33)36-11-10-34-3)16(2)30-21-13-18(14-22(31)26(21)25)17-8-6-5-7-9-17/h5-9,12,15,18,25,30,32H,4,10-11,13-14H2,1-3H3/t18-,25-/m1/s1.